The fourth-order valence-corrected chi connectivity index (χ4v) is 2.00. The van der Waals surface area contributed by atoms with Crippen LogP contribution in [0.1, 0.15) is 11.1 Å². The predicted molar refractivity (Wildman–Crippen MR) is 83.1 cm³/mol. The van der Waals surface area contributed by atoms with Gasteiger partial charge in [-0.2, -0.15) is 0 Å². The van der Waals surface area contributed by atoms with Crippen molar-refractivity contribution in [2.24, 2.45) is 0 Å². The first-order valence-electron chi connectivity index (χ1n) is 6.38. The molecular formula is C16H17ClN2O. The van der Waals surface area contributed by atoms with Gasteiger partial charge < -0.3 is 10.2 Å². The summed E-state index contributed by atoms with van der Waals surface area (Å²) in [5, 5.41) is 3.57. The highest BCUT2D eigenvalue weighted by molar-refractivity contribution is 6.30. The molecule has 0 bridgehead atoms. The number of hydrogen-bond donors (Lipinski definition) is 1. The molecule has 0 radical (unpaired) electrons. The standard InChI is InChI=1S/C16H17ClN2O/c1-12-4-3-5-15(10-12)18-16(20)19(2)11-13-6-8-14(17)9-7-13/h3-10H,11H2,1-2H3,(H,18,20). The van der Waals surface area contributed by atoms with Gasteiger partial charge in [-0.25, -0.2) is 4.79 Å². The number of carbonyl (C=O) groups excluding carboxylic acids is 1. The van der Waals surface area contributed by atoms with E-state index in [4.69, 9.17) is 11.6 Å². The molecule has 0 heterocycles. The van der Waals surface area contributed by atoms with Crippen LogP contribution in [0.2, 0.25) is 5.02 Å². The van der Waals surface area contributed by atoms with E-state index in [2.05, 4.69) is 5.32 Å². The van der Waals surface area contributed by atoms with E-state index in [-0.39, 0.29) is 6.03 Å². The number of aryl methyl sites for hydroxylation is 1. The first-order chi connectivity index (χ1) is 9.54. The molecule has 4 heteroatoms. The molecule has 0 aromatic heterocycles. The highest BCUT2D eigenvalue weighted by atomic mass is 35.5. The molecule has 2 aromatic carbocycles. The lowest BCUT2D eigenvalue weighted by atomic mass is 10.2. The summed E-state index contributed by atoms with van der Waals surface area (Å²) in [7, 11) is 1.76. The number of benzene rings is 2. The summed E-state index contributed by atoms with van der Waals surface area (Å²) >= 11 is 5.84. The third-order valence-corrected chi connectivity index (χ3v) is 3.20. The lowest BCUT2D eigenvalue weighted by Gasteiger charge is -2.18. The van der Waals surface area contributed by atoms with Gasteiger partial charge >= 0.3 is 6.03 Å². The maximum absolute atomic E-state index is 12.1. The van der Waals surface area contributed by atoms with E-state index in [0.29, 0.717) is 11.6 Å². The predicted octanol–water partition coefficient (Wildman–Crippen LogP) is 4.31. The van der Waals surface area contributed by atoms with Gasteiger partial charge in [0, 0.05) is 24.3 Å². The maximum Gasteiger partial charge on any atom is 0.321 e. The van der Waals surface area contributed by atoms with E-state index in [9.17, 15) is 4.79 Å². The Balaban J connectivity index is 1.96. The summed E-state index contributed by atoms with van der Waals surface area (Å²) in [6.45, 7) is 2.53. The monoisotopic (exact) mass is 288 g/mol. The van der Waals surface area contributed by atoms with Gasteiger partial charge in [-0.15, -0.1) is 0 Å². The van der Waals surface area contributed by atoms with Crippen molar-refractivity contribution in [1.82, 2.24) is 4.90 Å². The zero-order valence-corrected chi connectivity index (χ0v) is 12.3. The summed E-state index contributed by atoms with van der Waals surface area (Å²) in [6.07, 6.45) is 0. The number of urea groups is 1. The highest BCUT2D eigenvalue weighted by Gasteiger charge is 2.09. The van der Waals surface area contributed by atoms with Crippen molar-refractivity contribution in [3.05, 3.63) is 64.7 Å². The lowest BCUT2D eigenvalue weighted by Crippen LogP contribution is -2.30. The van der Waals surface area contributed by atoms with Gasteiger partial charge in [0.25, 0.3) is 0 Å². The van der Waals surface area contributed by atoms with Gasteiger partial charge in [-0.1, -0.05) is 35.9 Å². The number of rotatable bonds is 3. The van der Waals surface area contributed by atoms with Crippen LogP contribution in [-0.4, -0.2) is 18.0 Å². The molecule has 3 nitrogen and oxygen atoms in total. The van der Waals surface area contributed by atoms with E-state index >= 15 is 0 Å². The van der Waals surface area contributed by atoms with Gasteiger partial charge in [-0.3, -0.25) is 0 Å². The topological polar surface area (TPSA) is 32.3 Å². The molecule has 0 aliphatic heterocycles. The molecule has 0 aliphatic carbocycles. The minimum Gasteiger partial charge on any atom is -0.323 e. The van der Waals surface area contributed by atoms with Gasteiger partial charge in [0.1, 0.15) is 0 Å². The molecule has 0 spiro atoms. The van der Waals surface area contributed by atoms with Gasteiger partial charge in [0.05, 0.1) is 0 Å². The van der Waals surface area contributed by atoms with Crippen LogP contribution in [0.15, 0.2) is 48.5 Å². The smallest absolute Gasteiger partial charge is 0.321 e. The molecule has 2 amide bonds. The SMILES string of the molecule is Cc1cccc(NC(=O)N(C)Cc2ccc(Cl)cc2)c1. The number of amides is 2. The van der Waals surface area contributed by atoms with Crippen molar-refractivity contribution in [2.45, 2.75) is 13.5 Å². The average molecular weight is 289 g/mol. The number of anilines is 1. The Bertz CT molecular complexity index is 596. The fraction of sp³-hybridized carbons (Fsp3) is 0.188. The van der Waals surface area contributed by atoms with Crippen molar-refractivity contribution >= 4 is 23.3 Å². The van der Waals surface area contributed by atoms with Crippen LogP contribution >= 0.6 is 11.6 Å². The second-order valence-electron chi connectivity index (χ2n) is 4.78. The Morgan fingerprint density at radius 2 is 1.90 bits per heavy atom. The van der Waals surface area contributed by atoms with E-state index in [1.165, 1.54) is 0 Å². The van der Waals surface area contributed by atoms with Crippen molar-refractivity contribution in [3.63, 3.8) is 0 Å². The zero-order valence-electron chi connectivity index (χ0n) is 11.6. The van der Waals surface area contributed by atoms with Crippen LogP contribution in [0.3, 0.4) is 0 Å². The van der Waals surface area contributed by atoms with Crippen molar-refractivity contribution in [3.8, 4) is 0 Å². The summed E-state index contributed by atoms with van der Waals surface area (Å²) in [5.74, 6) is 0. The molecule has 0 saturated carbocycles. The Kier molecular flexibility index (Phi) is 4.64. The first-order valence-corrected chi connectivity index (χ1v) is 6.75. The molecule has 0 atom stereocenters. The average Bonchev–Trinajstić information content (AvgIpc) is 2.41. The van der Waals surface area contributed by atoms with Crippen LogP contribution in [0, 0.1) is 6.92 Å². The highest BCUT2D eigenvalue weighted by Crippen LogP contribution is 2.13. The third-order valence-electron chi connectivity index (χ3n) is 2.95. The number of nitrogens with zero attached hydrogens (tertiary/aromatic N) is 1. The van der Waals surface area contributed by atoms with Gasteiger partial charge in [-0.05, 0) is 42.3 Å². The van der Waals surface area contributed by atoms with Crippen molar-refractivity contribution in [2.75, 3.05) is 12.4 Å². The van der Waals surface area contributed by atoms with E-state index in [1.807, 2.05) is 55.5 Å². The van der Waals surface area contributed by atoms with Crippen LogP contribution < -0.4 is 5.32 Å². The molecule has 0 aliphatic rings. The lowest BCUT2D eigenvalue weighted by molar-refractivity contribution is 0.220. The number of halogens is 1. The number of carbonyl (C=O) groups is 1. The molecular weight excluding hydrogens is 272 g/mol. The van der Waals surface area contributed by atoms with Crippen molar-refractivity contribution in [1.29, 1.82) is 0 Å². The Morgan fingerprint density at radius 1 is 1.20 bits per heavy atom. The summed E-state index contributed by atoms with van der Waals surface area (Å²) in [6, 6.07) is 15.1. The largest absolute Gasteiger partial charge is 0.323 e. The van der Waals surface area contributed by atoms with E-state index in [0.717, 1.165) is 16.8 Å². The molecule has 0 unspecified atom stereocenters. The number of hydrogen-bond acceptors (Lipinski definition) is 1. The molecule has 2 aromatic rings. The molecule has 0 saturated heterocycles. The fourth-order valence-electron chi connectivity index (χ4n) is 1.88. The minimum absolute atomic E-state index is 0.134. The molecule has 0 fully saturated rings. The van der Waals surface area contributed by atoms with Gasteiger partial charge in [0.2, 0.25) is 0 Å². The van der Waals surface area contributed by atoms with Crippen LogP contribution in [0.25, 0.3) is 0 Å². The first kappa shape index (κ1) is 14.4. The Hall–Kier alpha value is -2.00. The number of nitrogens with one attached hydrogen (secondary N) is 1. The molecule has 104 valence electrons. The van der Waals surface area contributed by atoms with E-state index in [1.54, 1.807) is 11.9 Å². The third kappa shape index (κ3) is 4.00. The van der Waals surface area contributed by atoms with Crippen LogP contribution in [0.5, 0.6) is 0 Å². The molecule has 1 N–H and O–H groups in total. The summed E-state index contributed by atoms with van der Waals surface area (Å²) in [5.41, 5.74) is 2.96. The Morgan fingerprint density at radius 3 is 2.55 bits per heavy atom. The quantitative estimate of drug-likeness (QED) is 0.896. The maximum atomic E-state index is 12.1. The van der Waals surface area contributed by atoms with E-state index < -0.39 is 0 Å². The zero-order chi connectivity index (χ0) is 14.5. The van der Waals surface area contributed by atoms with Crippen LogP contribution in [0.4, 0.5) is 10.5 Å². The van der Waals surface area contributed by atoms with Crippen molar-refractivity contribution < 1.29 is 4.79 Å². The molecule has 20 heavy (non-hydrogen) atoms. The van der Waals surface area contributed by atoms with Crippen LogP contribution in [-0.2, 0) is 6.54 Å². The normalized spacial score (nSPS) is 10.2. The second kappa shape index (κ2) is 6.44. The summed E-state index contributed by atoms with van der Waals surface area (Å²) < 4.78 is 0. The second-order valence-corrected chi connectivity index (χ2v) is 5.22. The Labute approximate surface area is 124 Å². The molecule has 2 rings (SSSR count). The summed E-state index contributed by atoms with van der Waals surface area (Å²) in [4.78, 5) is 13.7. The van der Waals surface area contributed by atoms with Gasteiger partial charge in [0.15, 0.2) is 0 Å². The minimum atomic E-state index is -0.134.